The quantitative estimate of drug-likeness (QED) is 0.0950. The van der Waals surface area contributed by atoms with E-state index in [-0.39, 0.29) is 84.2 Å². The molecule has 0 saturated carbocycles. The van der Waals surface area contributed by atoms with Gasteiger partial charge in [0.2, 0.25) is 27.6 Å². The van der Waals surface area contributed by atoms with Crippen LogP contribution in [0.1, 0.15) is 318 Å². The number of carbonyl (C=O) groups is 6. The standard InChI is InChI=1S/C12H20.C11H18.C10H19NO.C10H18O.C9H14N2.C7H13NO.C7H11NO.C7H12O.C7H10O.C6H13NO2S.C6H12O2S/c1-10(12(2,3)4)11-8-6-5-7-9-11;1-9(11(2,3)4)10-7-5-6-8-10;1-6-8-11(9(12)7-2)10(3,4)5;1-5-6-7-8-9(11)10(2,3)4;1-7-10-6-5-8(11-7)9(2,3)4;2*1-5-6(9)8-7(2,3)4;2*1-5-6(8)7(2,3)4;1-5-10(8,9)7-6(2,3)4;1-5-9(7,8)6(2,3)4/h8H,1,5-7,9H2,2-4H3;7H,1,5-6,8H2,2-4H3;7H,2,6,8H2,1,3-5H3;7-8H,5-6H2,1-4H3;5-6H,1-4H3;5H,1H2,2-4H3,(H,8,9);1H,2-4H3,(H,8,9);5H,1H2,2-4H3;1H,2-4H3;5,7H,1H2,2-4H3;5H,1H2,2-4H3/b;;;8-7+;;;;;;;. The minimum Gasteiger partial charge on any atom is -0.348 e. The van der Waals surface area contributed by atoms with Crippen molar-refractivity contribution in [2.45, 2.75) is 346 Å². The highest BCUT2D eigenvalue weighted by molar-refractivity contribution is 7.95. The molecule has 0 spiro atoms. The zero-order chi connectivity index (χ0) is 89.5. The fourth-order valence-electron chi connectivity index (χ4n) is 7.65. The van der Waals surface area contributed by atoms with Crippen LogP contribution in [0.25, 0.3) is 0 Å². The monoisotopic (exact) mass is 1570 g/mol. The van der Waals surface area contributed by atoms with Crippen LogP contribution in [-0.2, 0) is 54.0 Å². The summed E-state index contributed by atoms with van der Waals surface area (Å²) in [5, 5.41) is 7.20. The Labute approximate surface area is 676 Å². The lowest BCUT2D eigenvalue weighted by Gasteiger charge is -2.34. The van der Waals surface area contributed by atoms with E-state index in [0.717, 1.165) is 48.1 Å². The third-order valence-electron chi connectivity index (χ3n) is 14.4. The van der Waals surface area contributed by atoms with E-state index in [2.05, 4.69) is 166 Å². The normalized spacial score (nSPS) is 13.0. The second kappa shape index (κ2) is 53.8. The maximum atomic E-state index is 11.4. The molecular formula is C92H160N6O10S2. The molecule has 630 valence electrons. The van der Waals surface area contributed by atoms with E-state index >= 15 is 0 Å². The van der Waals surface area contributed by atoms with Gasteiger partial charge >= 0.3 is 0 Å². The Morgan fingerprint density at radius 1 is 0.536 bits per heavy atom. The lowest BCUT2D eigenvalue weighted by atomic mass is 9.79. The third-order valence-corrected chi connectivity index (χ3v) is 17.9. The van der Waals surface area contributed by atoms with Gasteiger partial charge in [0, 0.05) is 73.1 Å². The Hall–Kier alpha value is -7.12. The van der Waals surface area contributed by atoms with Gasteiger partial charge in [-0.3, -0.25) is 28.8 Å². The van der Waals surface area contributed by atoms with Crippen LogP contribution in [0.15, 0.2) is 134 Å². The first-order chi connectivity index (χ1) is 48.9. The molecule has 0 radical (unpaired) electrons. The number of aryl methyl sites for hydroxylation is 1. The van der Waals surface area contributed by atoms with Crippen molar-refractivity contribution in [1.82, 2.24) is 30.2 Å². The summed E-state index contributed by atoms with van der Waals surface area (Å²) >= 11 is 0. The smallest absolute Gasteiger partial charge is 0.296 e. The van der Waals surface area contributed by atoms with Crippen molar-refractivity contribution < 1.29 is 45.6 Å². The highest BCUT2D eigenvalue weighted by Gasteiger charge is 2.27. The number of carbonyl (C=O) groups excluding carboxylic acids is 6. The molecule has 18 heteroatoms. The number of nitrogens with one attached hydrogen (secondary N) is 3. The number of hydrogen-bond donors (Lipinski definition) is 3. The van der Waals surface area contributed by atoms with Crippen LogP contribution in [0.2, 0.25) is 0 Å². The second-order valence-corrected chi connectivity index (χ2v) is 42.0. The number of ketones is 3. The van der Waals surface area contributed by atoms with Crippen molar-refractivity contribution in [3.05, 3.63) is 145 Å². The molecule has 0 aliphatic heterocycles. The fraction of sp³-hybridized carbons (Fsp3) is 0.630. The van der Waals surface area contributed by atoms with Gasteiger partial charge in [-0.05, 0) is 244 Å². The minimum absolute atomic E-state index is 0.0179. The molecule has 1 heterocycles. The molecule has 3 N–H and O–H groups in total. The summed E-state index contributed by atoms with van der Waals surface area (Å²) in [4.78, 5) is 75.2. The van der Waals surface area contributed by atoms with Crippen molar-refractivity contribution in [3.63, 3.8) is 0 Å². The van der Waals surface area contributed by atoms with Gasteiger partial charge in [-0.25, -0.2) is 31.5 Å². The molecule has 1 aromatic heterocycles. The largest absolute Gasteiger partial charge is 0.348 e. The van der Waals surface area contributed by atoms with Crippen molar-refractivity contribution in [2.75, 3.05) is 6.54 Å². The molecule has 16 nitrogen and oxygen atoms in total. The molecule has 0 atom stereocenters. The Morgan fingerprint density at radius 3 is 1.15 bits per heavy atom. The highest BCUT2D eigenvalue weighted by Crippen LogP contribution is 2.36. The second-order valence-electron chi connectivity index (χ2n) is 37.7. The molecular weight excluding hydrogens is 1410 g/mol. The lowest BCUT2D eigenvalue weighted by molar-refractivity contribution is -0.130. The summed E-state index contributed by atoms with van der Waals surface area (Å²) in [6.45, 7) is 96.2. The zero-order valence-corrected chi connectivity index (χ0v) is 78.1. The third kappa shape index (κ3) is 68.9. The summed E-state index contributed by atoms with van der Waals surface area (Å²) < 4.78 is 45.1. The van der Waals surface area contributed by atoms with E-state index in [4.69, 9.17) is 12.8 Å². The van der Waals surface area contributed by atoms with Gasteiger partial charge in [0.05, 0.1) is 4.75 Å². The Bertz CT molecular complexity index is 3470. The van der Waals surface area contributed by atoms with E-state index in [0.29, 0.717) is 0 Å². The summed E-state index contributed by atoms with van der Waals surface area (Å²) in [6, 6.07) is 1.97. The van der Waals surface area contributed by atoms with Gasteiger partial charge in [-0.15, -0.1) is 12.8 Å². The average Bonchev–Trinajstić information content (AvgIpc) is 1.29. The van der Waals surface area contributed by atoms with Crippen LogP contribution < -0.4 is 15.4 Å². The molecule has 0 unspecified atom stereocenters. The van der Waals surface area contributed by atoms with Crippen LogP contribution in [0.3, 0.4) is 0 Å². The number of nitrogens with zero attached hydrogens (tertiary/aromatic N) is 3. The number of hydrogen-bond acceptors (Lipinski definition) is 12. The molecule has 110 heavy (non-hydrogen) atoms. The van der Waals surface area contributed by atoms with Crippen LogP contribution in [0.5, 0.6) is 0 Å². The molecule has 1 aromatic rings. The van der Waals surface area contributed by atoms with Crippen LogP contribution in [-0.4, -0.2) is 100 Å². The first-order valence-electron chi connectivity index (χ1n) is 38.1. The number of terminal acetylenes is 2. The van der Waals surface area contributed by atoms with E-state index in [1.54, 1.807) is 68.4 Å². The number of sulfonamides is 1. The van der Waals surface area contributed by atoms with Gasteiger partial charge < -0.3 is 15.5 Å². The maximum Gasteiger partial charge on any atom is 0.296 e. The first-order valence-corrected chi connectivity index (χ1v) is 41.2. The number of rotatable bonds is 13. The lowest BCUT2D eigenvalue weighted by Crippen LogP contribution is -2.45. The molecule has 3 amide bonds. The Morgan fingerprint density at radius 2 is 0.964 bits per heavy atom. The summed E-state index contributed by atoms with van der Waals surface area (Å²) in [6.07, 6.45) is 36.0. The average molecular weight is 1570 g/mol. The van der Waals surface area contributed by atoms with Crippen LogP contribution in [0.4, 0.5) is 0 Å². The highest BCUT2D eigenvalue weighted by atomic mass is 32.2. The number of aromatic nitrogens is 2. The molecule has 0 aromatic carbocycles. The molecule has 3 rings (SSSR count). The topological polar surface area (TPSA) is 236 Å². The predicted octanol–water partition coefficient (Wildman–Crippen LogP) is 21.9. The number of unbranched alkanes of at least 4 members (excludes halogenated alkanes) is 1. The predicted molar refractivity (Wildman–Crippen MR) is 475 cm³/mol. The molecule has 0 saturated heterocycles. The Balaban J connectivity index is -0.000000174. The van der Waals surface area contributed by atoms with E-state index in [9.17, 15) is 45.6 Å². The summed E-state index contributed by atoms with van der Waals surface area (Å²) in [5.74, 6) is 4.59. The number of Topliss-reactive ketones (excluding diaryl/α,β-unsaturated/α-hetero) is 1. The van der Waals surface area contributed by atoms with Crippen molar-refractivity contribution in [2.24, 2.45) is 27.1 Å². The minimum atomic E-state index is -3.26. The van der Waals surface area contributed by atoms with Gasteiger partial charge in [-0.2, -0.15) is 0 Å². The first kappa shape index (κ1) is 119. The summed E-state index contributed by atoms with van der Waals surface area (Å²) in [5.41, 5.74) is 5.70. The number of sulfone groups is 1. The summed E-state index contributed by atoms with van der Waals surface area (Å²) in [7, 11) is -6.34. The molecule has 0 bridgehead atoms. The van der Waals surface area contributed by atoms with E-state index < -0.39 is 30.1 Å². The zero-order valence-electron chi connectivity index (χ0n) is 76.5. The Kier molecular flexibility index (Phi) is 58.0. The van der Waals surface area contributed by atoms with Gasteiger partial charge in [0.15, 0.2) is 21.4 Å². The molecule has 0 fully saturated rings. The SMILES string of the molecule is C#CC(=O)C(C)(C)C.C#CC(=O)NC(C)(C)C.C=C(C1=CCCC1)C(C)(C)C.C=C(C1=CCCCC1)C(C)(C)C.C=CC(=O)C(C)(C)C.C=CC(=O)N(CCC)C(C)(C)C.C=CC(=O)NC(C)(C)C.C=CS(=O)(=O)C(C)(C)C.C=CS(=O)(=O)NC(C)(C)C.CCC/C=C/C(=O)C(C)(C)C.Cc1nccc(C(C)(C)C)n1. The van der Waals surface area contributed by atoms with Gasteiger partial charge in [0.25, 0.3) is 5.91 Å². The van der Waals surface area contributed by atoms with E-state index in [1.807, 2.05) is 140 Å². The molecule has 2 aliphatic carbocycles. The van der Waals surface area contributed by atoms with Gasteiger partial charge in [0.1, 0.15) is 5.82 Å². The van der Waals surface area contributed by atoms with Gasteiger partial charge in [-0.1, -0.05) is 209 Å². The molecule has 2 aliphatic rings. The van der Waals surface area contributed by atoms with Crippen LogP contribution >= 0.6 is 0 Å². The number of amides is 3. The van der Waals surface area contributed by atoms with Crippen LogP contribution in [0, 0.1) is 58.7 Å². The van der Waals surface area contributed by atoms with Crippen molar-refractivity contribution in [1.29, 1.82) is 0 Å². The fourth-order valence-corrected chi connectivity index (χ4v) is 9.09. The maximum absolute atomic E-state index is 11.4. The van der Waals surface area contributed by atoms with Crippen molar-refractivity contribution in [3.8, 4) is 24.7 Å². The van der Waals surface area contributed by atoms with Crippen molar-refractivity contribution >= 4 is 54.9 Å². The number of allylic oxidation sites excluding steroid dienone is 9. The van der Waals surface area contributed by atoms with E-state index in [1.165, 1.54) is 85.5 Å².